The van der Waals surface area contributed by atoms with E-state index in [1.807, 2.05) is 49.6 Å². The van der Waals surface area contributed by atoms with E-state index < -0.39 is 11.9 Å². The van der Waals surface area contributed by atoms with Gasteiger partial charge in [-0.15, -0.1) is 11.3 Å². The van der Waals surface area contributed by atoms with Gasteiger partial charge in [-0.1, -0.05) is 29.8 Å². The van der Waals surface area contributed by atoms with Crippen LogP contribution in [0.1, 0.15) is 27.5 Å². The molecule has 1 unspecified atom stereocenters. The Labute approximate surface area is 111 Å². The van der Waals surface area contributed by atoms with E-state index in [2.05, 4.69) is 0 Å². The lowest BCUT2D eigenvalue weighted by Gasteiger charge is -2.15. The molecular weight excluding hydrogens is 244 g/mol. The summed E-state index contributed by atoms with van der Waals surface area (Å²) in [5.74, 6) is -1.21. The van der Waals surface area contributed by atoms with Crippen molar-refractivity contribution in [3.63, 3.8) is 0 Å². The molecule has 1 atom stereocenters. The summed E-state index contributed by atoms with van der Waals surface area (Å²) in [6.45, 7) is 3.96. The van der Waals surface area contributed by atoms with Crippen LogP contribution < -0.4 is 0 Å². The minimum Gasteiger partial charge on any atom is -0.481 e. The maximum atomic E-state index is 11.5. The van der Waals surface area contributed by atoms with Crippen LogP contribution in [0, 0.1) is 13.8 Å². The van der Waals surface area contributed by atoms with Crippen molar-refractivity contribution >= 4 is 17.3 Å². The first-order chi connectivity index (χ1) is 8.58. The molecule has 3 heteroatoms. The van der Waals surface area contributed by atoms with Gasteiger partial charge in [0.1, 0.15) is 0 Å². The van der Waals surface area contributed by atoms with Crippen LogP contribution in [0.5, 0.6) is 0 Å². The zero-order chi connectivity index (χ0) is 13.1. The maximum absolute atomic E-state index is 11.5. The summed E-state index contributed by atoms with van der Waals surface area (Å²) in [5.41, 5.74) is 3.08. The molecule has 1 N–H and O–H groups in total. The summed E-state index contributed by atoms with van der Waals surface area (Å²) in [6.07, 6.45) is 0.567. The molecule has 18 heavy (non-hydrogen) atoms. The number of carbonyl (C=O) groups is 1. The zero-order valence-corrected chi connectivity index (χ0v) is 11.3. The van der Waals surface area contributed by atoms with Crippen molar-refractivity contribution in [2.75, 3.05) is 0 Å². The van der Waals surface area contributed by atoms with Crippen LogP contribution in [0.4, 0.5) is 0 Å². The van der Waals surface area contributed by atoms with Gasteiger partial charge in [0.15, 0.2) is 0 Å². The SMILES string of the molecule is Cc1ccc(C)c(C(Cc2cccs2)C(=O)O)c1. The third kappa shape index (κ3) is 2.79. The first-order valence-corrected chi connectivity index (χ1v) is 6.78. The highest BCUT2D eigenvalue weighted by molar-refractivity contribution is 7.09. The van der Waals surface area contributed by atoms with Crippen molar-refractivity contribution < 1.29 is 9.90 Å². The fraction of sp³-hybridized carbons (Fsp3) is 0.267. The smallest absolute Gasteiger partial charge is 0.311 e. The summed E-state index contributed by atoms with van der Waals surface area (Å²) in [4.78, 5) is 12.6. The second-order valence-electron chi connectivity index (χ2n) is 4.53. The number of benzene rings is 1. The highest BCUT2D eigenvalue weighted by Gasteiger charge is 2.22. The molecule has 0 aliphatic carbocycles. The molecule has 0 fully saturated rings. The van der Waals surface area contributed by atoms with E-state index in [1.54, 1.807) is 11.3 Å². The average molecular weight is 260 g/mol. The van der Waals surface area contributed by atoms with Crippen LogP contribution in [-0.2, 0) is 11.2 Å². The van der Waals surface area contributed by atoms with E-state index >= 15 is 0 Å². The average Bonchev–Trinajstić information content (AvgIpc) is 2.82. The lowest BCUT2D eigenvalue weighted by Crippen LogP contribution is -2.15. The molecule has 2 nitrogen and oxygen atoms in total. The van der Waals surface area contributed by atoms with Crippen molar-refractivity contribution in [2.24, 2.45) is 0 Å². The largest absolute Gasteiger partial charge is 0.481 e. The number of carboxylic acid groups (broad SMARTS) is 1. The molecule has 0 saturated heterocycles. The third-order valence-electron chi connectivity index (χ3n) is 3.09. The second kappa shape index (κ2) is 5.36. The van der Waals surface area contributed by atoms with Crippen LogP contribution >= 0.6 is 11.3 Å². The Morgan fingerprint density at radius 1 is 1.33 bits per heavy atom. The summed E-state index contributed by atoms with van der Waals surface area (Å²) >= 11 is 1.61. The van der Waals surface area contributed by atoms with E-state index in [0.717, 1.165) is 21.6 Å². The first-order valence-electron chi connectivity index (χ1n) is 5.90. The predicted octanol–water partition coefficient (Wildman–Crippen LogP) is 3.78. The quantitative estimate of drug-likeness (QED) is 0.908. The molecule has 1 aromatic carbocycles. The fourth-order valence-corrected chi connectivity index (χ4v) is 2.85. The van der Waals surface area contributed by atoms with Gasteiger partial charge in [-0.2, -0.15) is 0 Å². The van der Waals surface area contributed by atoms with Gasteiger partial charge >= 0.3 is 5.97 Å². The van der Waals surface area contributed by atoms with Crippen molar-refractivity contribution in [1.82, 2.24) is 0 Å². The van der Waals surface area contributed by atoms with Crippen molar-refractivity contribution in [1.29, 1.82) is 0 Å². The molecule has 0 bridgehead atoms. The summed E-state index contributed by atoms with van der Waals surface area (Å²) in [5, 5.41) is 11.4. The van der Waals surface area contributed by atoms with Gasteiger partial charge in [-0.05, 0) is 42.8 Å². The Balaban J connectivity index is 2.35. The highest BCUT2D eigenvalue weighted by atomic mass is 32.1. The van der Waals surface area contributed by atoms with E-state index in [0.29, 0.717) is 6.42 Å². The molecule has 2 aromatic rings. The van der Waals surface area contributed by atoms with Crippen LogP contribution in [0.2, 0.25) is 0 Å². The van der Waals surface area contributed by atoms with Gasteiger partial charge < -0.3 is 5.11 Å². The van der Waals surface area contributed by atoms with E-state index in [-0.39, 0.29) is 0 Å². The number of aryl methyl sites for hydroxylation is 2. The summed E-state index contributed by atoms with van der Waals surface area (Å²) in [6, 6.07) is 9.95. The molecule has 0 spiro atoms. The Hall–Kier alpha value is -1.61. The lowest BCUT2D eigenvalue weighted by atomic mass is 9.90. The summed E-state index contributed by atoms with van der Waals surface area (Å²) in [7, 11) is 0. The van der Waals surface area contributed by atoms with Crippen molar-refractivity contribution in [3.05, 3.63) is 57.3 Å². The number of aliphatic carboxylic acids is 1. The minimum absolute atomic E-state index is 0.455. The van der Waals surface area contributed by atoms with E-state index in [4.69, 9.17) is 0 Å². The predicted molar refractivity (Wildman–Crippen MR) is 74.3 cm³/mol. The minimum atomic E-state index is -0.753. The number of thiophene rings is 1. The molecule has 2 rings (SSSR count). The highest BCUT2D eigenvalue weighted by Crippen LogP contribution is 2.27. The van der Waals surface area contributed by atoms with Gasteiger partial charge in [0.05, 0.1) is 5.92 Å². The molecule has 0 aliphatic rings. The fourth-order valence-electron chi connectivity index (χ4n) is 2.10. The van der Waals surface area contributed by atoms with Crippen LogP contribution in [0.15, 0.2) is 35.7 Å². The number of hydrogen-bond acceptors (Lipinski definition) is 2. The molecule has 1 aromatic heterocycles. The standard InChI is InChI=1S/C15H16O2S/c1-10-5-6-11(2)13(8-10)14(15(16)17)9-12-4-3-7-18-12/h3-8,14H,9H2,1-2H3,(H,16,17). The van der Waals surface area contributed by atoms with Gasteiger partial charge in [-0.25, -0.2) is 0 Å². The number of hydrogen-bond donors (Lipinski definition) is 1. The first kappa shape index (κ1) is 12.8. The van der Waals surface area contributed by atoms with E-state index in [1.165, 1.54) is 0 Å². The Morgan fingerprint density at radius 2 is 2.11 bits per heavy atom. The molecule has 1 heterocycles. The van der Waals surface area contributed by atoms with Gasteiger partial charge in [-0.3, -0.25) is 4.79 Å². The molecule has 0 radical (unpaired) electrons. The normalized spacial score (nSPS) is 12.3. The Bertz CT molecular complexity index is 544. The van der Waals surface area contributed by atoms with Crippen LogP contribution in [0.25, 0.3) is 0 Å². The summed E-state index contributed by atoms with van der Waals surface area (Å²) < 4.78 is 0. The Morgan fingerprint density at radius 3 is 2.72 bits per heavy atom. The van der Waals surface area contributed by atoms with E-state index in [9.17, 15) is 9.90 Å². The molecule has 94 valence electrons. The van der Waals surface area contributed by atoms with Crippen molar-refractivity contribution in [2.45, 2.75) is 26.2 Å². The van der Waals surface area contributed by atoms with Gasteiger partial charge in [0.2, 0.25) is 0 Å². The monoisotopic (exact) mass is 260 g/mol. The zero-order valence-electron chi connectivity index (χ0n) is 10.5. The number of carboxylic acids is 1. The van der Waals surface area contributed by atoms with Crippen LogP contribution in [0.3, 0.4) is 0 Å². The molecule has 0 amide bonds. The van der Waals surface area contributed by atoms with Crippen molar-refractivity contribution in [3.8, 4) is 0 Å². The third-order valence-corrected chi connectivity index (χ3v) is 3.99. The molecule has 0 saturated carbocycles. The van der Waals surface area contributed by atoms with Gasteiger partial charge in [0, 0.05) is 4.88 Å². The topological polar surface area (TPSA) is 37.3 Å². The molecule has 0 aliphatic heterocycles. The lowest BCUT2D eigenvalue weighted by molar-refractivity contribution is -0.138. The van der Waals surface area contributed by atoms with Crippen LogP contribution in [-0.4, -0.2) is 11.1 Å². The maximum Gasteiger partial charge on any atom is 0.311 e. The Kier molecular flexibility index (Phi) is 3.82. The van der Waals surface area contributed by atoms with Gasteiger partial charge in [0.25, 0.3) is 0 Å². The molecular formula is C15H16O2S. The second-order valence-corrected chi connectivity index (χ2v) is 5.57. The number of rotatable bonds is 4.